The van der Waals surface area contributed by atoms with Crippen LogP contribution in [0.5, 0.6) is 0 Å². The maximum atomic E-state index is 13.0. The summed E-state index contributed by atoms with van der Waals surface area (Å²) in [5.74, 6) is 1.03. The van der Waals surface area contributed by atoms with Crippen molar-refractivity contribution in [1.29, 1.82) is 0 Å². The van der Waals surface area contributed by atoms with Crippen LogP contribution in [0.1, 0.15) is 61.7 Å². The van der Waals surface area contributed by atoms with Crippen LogP contribution < -0.4 is 5.32 Å². The second-order valence-corrected chi connectivity index (χ2v) is 7.64. The Bertz CT molecular complexity index is 669. The molecule has 2 aliphatic carbocycles. The predicted octanol–water partition coefficient (Wildman–Crippen LogP) is 3.19. The molecule has 2 aliphatic rings. The molecule has 0 aliphatic heterocycles. The standard InChI is InChI=1S/C17H22N4OS/c22-16(18-11-15-20-19-12-21(15)13-6-7-13)17(8-2-1-3-9-17)14-5-4-10-23-14/h4-5,10,12-13H,1-3,6-9,11H2,(H,18,22). The van der Waals surface area contributed by atoms with Gasteiger partial charge in [0.1, 0.15) is 6.33 Å². The van der Waals surface area contributed by atoms with Gasteiger partial charge in [0, 0.05) is 10.9 Å². The number of amides is 1. The molecule has 5 nitrogen and oxygen atoms in total. The molecular formula is C17H22N4OS. The lowest BCUT2D eigenvalue weighted by atomic mass is 9.72. The summed E-state index contributed by atoms with van der Waals surface area (Å²) in [6, 6.07) is 4.70. The average molecular weight is 330 g/mol. The number of hydrogen-bond donors (Lipinski definition) is 1. The van der Waals surface area contributed by atoms with Crippen molar-refractivity contribution in [2.24, 2.45) is 0 Å². The molecule has 1 amide bonds. The maximum absolute atomic E-state index is 13.0. The first-order valence-electron chi connectivity index (χ1n) is 8.50. The smallest absolute Gasteiger partial charge is 0.231 e. The molecule has 2 saturated carbocycles. The van der Waals surface area contributed by atoms with Gasteiger partial charge in [-0.1, -0.05) is 25.3 Å². The number of hydrogen-bond acceptors (Lipinski definition) is 4. The van der Waals surface area contributed by atoms with Crippen molar-refractivity contribution in [2.75, 3.05) is 0 Å². The second-order valence-electron chi connectivity index (χ2n) is 6.69. The minimum absolute atomic E-state index is 0.157. The van der Waals surface area contributed by atoms with Gasteiger partial charge in [-0.3, -0.25) is 4.79 Å². The molecule has 2 fully saturated rings. The van der Waals surface area contributed by atoms with E-state index in [-0.39, 0.29) is 11.3 Å². The topological polar surface area (TPSA) is 59.8 Å². The predicted molar refractivity (Wildman–Crippen MR) is 89.2 cm³/mol. The first kappa shape index (κ1) is 14.9. The van der Waals surface area contributed by atoms with Crippen molar-refractivity contribution >= 4 is 17.2 Å². The Balaban J connectivity index is 1.50. The molecule has 4 rings (SSSR count). The Kier molecular flexibility index (Phi) is 3.93. The summed E-state index contributed by atoms with van der Waals surface area (Å²) in [5.41, 5.74) is -0.336. The van der Waals surface area contributed by atoms with Crippen LogP contribution in [0.3, 0.4) is 0 Å². The highest BCUT2D eigenvalue weighted by molar-refractivity contribution is 7.10. The minimum atomic E-state index is -0.336. The third kappa shape index (κ3) is 2.80. The van der Waals surface area contributed by atoms with E-state index in [0.29, 0.717) is 12.6 Å². The van der Waals surface area contributed by atoms with Gasteiger partial charge in [-0.05, 0) is 37.1 Å². The van der Waals surface area contributed by atoms with Crippen molar-refractivity contribution in [2.45, 2.75) is 62.9 Å². The monoisotopic (exact) mass is 330 g/mol. The molecule has 2 aromatic heterocycles. The summed E-state index contributed by atoms with van der Waals surface area (Å²) in [5, 5.41) is 13.4. The summed E-state index contributed by atoms with van der Waals surface area (Å²) < 4.78 is 2.11. The fraction of sp³-hybridized carbons (Fsp3) is 0.588. The second kappa shape index (κ2) is 6.07. The van der Waals surface area contributed by atoms with Gasteiger partial charge in [-0.15, -0.1) is 21.5 Å². The molecule has 0 aromatic carbocycles. The largest absolute Gasteiger partial charge is 0.348 e. The summed E-state index contributed by atoms with van der Waals surface area (Å²) in [6.45, 7) is 0.475. The molecule has 1 N–H and O–H groups in total. The van der Waals surface area contributed by atoms with Gasteiger partial charge in [0.05, 0.1) is 12.0 Å². The van der Waals surface area contributed by atoms with Crippen LogP contribution in [0.4, 0.5) is 0 Å². The Morgan fingerprint density at radius 3 is 2.87 bits per heavy atom. The minimum Gasteiger partial charge on any atom is -0.348 e. The van der Waals surface area contributed by atoms with Gasteiger partial charge in [0.2, 0.25) is 5.91 Å². The highest BCUT2D eigenvalue weighted by Gasteiger charge is 2.42. The molecular weight excluding hydrogens is 308 g/mol. The Morgan fingerprint density at radius 1 is 1.35 bits per heavy atom. The molecule has 6 heteroatoms. The van der Waals surface area contributed by atoms with Gasteiger partial charge in [0.15, 0.2) is 5.82 Å². The number of carbonyl (C=O) groups is 1. The van der Waals surface area contributed by atoms with Crippen molar-refractivity contribution < 1.29 is 4.79 Å². The summed E-state index contributed by atoms with van der Waals surface area (Å²) in [7, 11) is 0. The van der Waals surface area contributed by atoms with E-state index in [0.717, 1.165) is 31.5 Å². The van der Waals surface area contributed by atoms with Crippen LogP contribution in [-0.4, -0.2) is 20.7 Å². The molecule has 0 radical (unpaired) electrons. The molecule has 2 heterocycles. The van der Waals surface area contributed by atoms with Gasteiger partial charge in [-0.25, -0.2) is 0 Å². The summed E-state index contributed by atoms with van der Waals surface area (Å²) >= 11 is 1.70. The van der Waals surface area contributed by atoms with E-state index in [4.69, 9.17) is 0 Å². The van der Waals surface area contributed by atoms with Crippen LogP contribution in [0, 0.1) is 0 Å². The number of carbonyl (C=O) groups excluding carboxylic acids is 1. The number of rotatable bonds is 5. The zero-order valence-corrected chi connectivity index (χ0v) is 14.0. The molecule has 0 saturated heterocycles. The molecule has 23 heavy (non-hydrogen) atoms. The number of aromatic nitrogens is 3. The lowest BCUT2D eigenvalue weighted by molar-refractivity contribution is -0.128. The van der Waals surface area contributed by atoms with E-state index >= 15 is 0 Å². The van der Waals surface area contributed by atoms with Gasteiger partial charge in [0.25, 0.3) is 0 Å². The van der Waals surface area contributed by atoms with Crippen molar-refractivity contribution in [3.63, 3.8) is 0 Å². The zero-order valence-electron chi connectivity index (χ0n) is 13.2. The lowest BCUT2D eigenvalue weighted by Crippen LogP contribution is -2.45. The van der Waals surface area contributed by atoms with E-state index in [9.17, 15) is 4.79 Å². The fourth-order valence-corrected chi connectivity index (χ4v) is 4.65. The van der Waals surface area contributed by atoms with E-state index in [1.54, 1.807) is 17.7 Å². The highest BCUT2D eigenvalue weighted by atomic mass is 32.1. The highest BCUT2D eigenvalue weighted by Crippen LogP contribution is 2.42. The summed E-state index contributed by atoms with van der Waals surface area (Å²) in [4.78, 5) is 14.3. The van der Waals surface area contributed by atoms with Crippen LogP contribution >= 0.6 is 11.3 Å². The lowest BCUT2D eigenvalue weighted by Gasteiger charge is -2.35. The Morgan fingerprint density at radius 2 is 2.17 bits per heavy atom. The van der Waals surface area contributed by atoms with Gasteiger partial charge >= 0.3 is 0 Å². The van der Waals surface area contributed by atoms with Crippen molar-refractivity contribution in [3.05, 3.63) is 34.5 Å². The van der Waals surface area contributed by atoms with Gasteiger partial charge in [-0.2, -0.15) is 0 Å². The van der Waals surface area contributed by atoms with Crippen LogP contribution in [0.25, 0.3) is 0 Å². The number of thiophene rings is 1. The normalized spacial score (nSPS) is 20.3. The summed E-state index contributed by atoms with van der Waals surface area (Å²) in [6.07, 6.45) is 9.57. The van der Waals surface area contributed by atoms with Gasteiger partial charge < -0.3 is 9.88 Å². The van der Waals surface area contributed by atoms with Crippen LogP contribution in [0.15, 0.2) is 23.8 Å². The zero-order chi connectivity index (χ0) is 15.7. The van der Waals surface area contributed by atoms with Crippen molar-refractivity contribution in [3.8, 4) is 0 Å². The average Bonchev–Trinajstić information content (AvgIpc) is 3.10. The molecule has 2 aromatic rings. The van der Waals surface area contributed by atoms with E-state index in [1.165, 1.54) is 24.1 Å². The third-order valence-corrected chi connectivity index (χ3v) is 6.20. The third-order valence-electron chi connectivity index (χ3n) is 5.13. The quantitative estimate of drug-likeness (QED) is 0.916. The van der Waals surface area contributed by atoms with E-state index < -0.39 is 0 Å². The first-order valence-corrected chi connectivity index (χ1v) is 9.38. The maximum Gasteiger partial charge on any atom is 0.231 e. The Hall–Kier alpha value is -1.69. The number of nitrogens with one attached hydrogen (secondary N) is 1. The van der Waals surface area contributed by atoms with Crippen molar-refractivity contribution in [1.82, 2.24) is 20.1 Å². The molecule has 0 atom stereocenters. The molecule has 0 unspecified atom stereocenters. The SMILES string of the molecule is O=C(NCc1nncn1C1CC1)C1(c2cccs2)CCCCC1. The molecule has 0 bridgehead atoms. The van der Waals surface area contributed by atoms with Crippen LogP contribution in [-0.2, 0) is 16.8 Å². The van der Waals surface area contributed by atoms with Crippen LogP contribution in [0.2, 0.25) is 0 Å². The number of nitrogens with zero attached hydrogens (tertiary/aromatic N) is 3. The molecule has 122 valence electrons. The van der Waals surface area contributed by atoms with E-state index in [2.05, 4.69) is 31.5 Å². The Labute approximate surface area is 140 Å². The fourth-order valence-electron chi connectivity index (χ4n) is 3.67. The first-order chi connectivity index (χ1) is 11.3. The molecule has 0 spiro atoms. The van der Waals surface area contributed by atoms with E-state index in [1.807, 2.05) is 6.07 Å².